The number of halogens is 3. The zero-order chi connectivity index (χ0) is 21.1. The monoisotopic (exact) mass is 417 g/mol. The standard InChI is InChI=1S/C20H18F3N5O2/c1-12-2-5-16(30-12)10-25-18-26-17(27-19(28-18)29-11-20(21,22)23)7-13-3-4-14-8-24-9-15(14)6-13/h2-6,8H,7,9-11H2,1H3,(H,25,26,27,28). The van der Waals surface area contributed by atoms with Gasteiger partial charge < -0.3 is 14.5 Å². The second kappa shape index (κ2) is 8.13. The van der Waals surface area contributed by atoms with Crippen LogP contribution >= 0.6 is 0 Å². The van der Waals surface area contributed by atoms with Crippen molar-refractivity contribution in [1.82, 2.24) is 15.0 Å². The van der Waals surface area contributed by atoms with Gasteiger partial charge in [0, 0.05) is 12.6 Å². The fraction of sp³-hybridized carbons (Fsp3) is 0.300. The minimum absolute atomic E-state index is 0.107. The minimum atomic E-state index is -4.49. The molecular formula is C20H18F3N5O2. The topological polar surface area (TPSA) is 85.4 Å². The average Bonchev–Trinajstić information content (AvgIpc) is 3.32. The summed E-state index contributed by atoms with van der Waals surface area (Å²) in [7, 11) is 0. The molecule has 2 aromatic heterocycles. The molecule has 3 heterocycles. The highest BCUT2D eigenvalue weighted by Crippen LogP contribution is 2.20. The van der Waals surface area contributed by atoms with E-state index < -0.39 is 12.8 Å². The molecule has 0 spiro atoms. The number of anilines is 1. The van der Waals surface area contributed by atoms with Gasteiger partial charge in [-0.05, 0) is 35.7 Å². The van der Waals surface area contributed by atoms with Crippen LogP contribution in [0.15, 0.2) is 39.7 Å². The van der Waals surface area contributed by atoms with Gasteiger partial charge in [-0.3, -0.25) is 4.99 Å². The van der Waals surface area contributed by atoms with Crippen molar-refractivity contribution < 1.29 is 22.3 Å². The molecule has 0 aliphatic carbocycles. The van der Waals surface area contributed by atoms with Crippen LogP contribution in [0.25, 0.3) is 0 Å². The SMILES string of the molecule is Cc1ccc(CNc2nc(Cc3ccc4c(c3)CN=C4)nc(OCC(F)(F)F)n2)o1. The highest BCUT2D eigenvalue weighted by Gasteiger charge is 2.29. The van der Waals surface area contributed by atoms with Crippen LogP contribution in [0.5, 0.6) is 6.01 Å². The van der Waals surface area contributed by atoms with Gasteiger partial charge in [0.25, 0.3) is 0 Å². The molecule has 0 unspecified atom stereocenters. The van der Waals surface area contributed by atoms with Gasteiger partial charge in [0.2, 0.25) is 5.95 Å². The van der Waals surface area contributed by atoms with E-state index in [4.69, 9.17) is 9.15 Å². The summed E-state index contributed by atoms with van der Waals surface area (Å²) in [5, 5.41) is 2.94. The third-order valence-corrected chi connectivity index (χ3v) is 4.30. The lowest BCUT2D eigenvalue weighted by Crippen LogP contribution is -2.21. The first-order valence-electron chi connectivity index (χ1n) is 9.19. The van der Waals surface area contributed by atoms with E-state index in [-0.39, 0.29) is 18.5 Å². The van der Waals surface area contributed by atoms with Crippen molar-refractivity contribution in [2.24, 2.45) is 4.99 Å². The molecule has 0 fully saturated rings. The van der Waals surface area contributed by atoms with Gasteiger partial charge in [0.05, 0.1) is 13.1 Å². The Morgan fingerprint density at radius 3 is 2.77 bits per heavy atom. The lowest BCUT2D eigenvalue weighted by Gasteiger charge is -2.11. The molecular weight excluding hydrogens is 399 g/mol. The quantitative estimate of drug-likeness (QED) is 0.629. The first kappa shape index (κ1) is 19.9. The number of aryl methyl sites for hydroxylation is 1. The number of fused-ring (bicyclic) bond motifs is 1. The summed E-state index contributed by atoms with van der Waals surface area (Å²) < 4.78 is 47.9. The van der Waals surface area contributed by atoms with Crippen LogP contribution in [-0.4, -0.2) is 33.9 Å². The third-order valence-electron chi connectivity index (χ3n) is 4.30. The number of benzene rings is 1. The van der Waals surface area contributed by atoms with Crippen LogP contribution in [0.3, 0.4) is 0 Å². The minimum Gasteiger partial charge on any atom is -0.465 e. The number of nitrogens with zero attached hydrogens (tertiary/aromatic N) is 4. The molecule has 1 aromatic carbocycles. The molecule has 7 nitrogen and oxygen atoms in total. The van der Waals surface area contributed by atoms with Crippen LogP contribution in [0.2, 0.25) is 0 Å². The molecule has 0 atom stereocenters. The molecule has 0 saturated carbocycles. The van der Waals surface area contributed by atoms with E-state index in [0.717, 1.165) is 22.5 Å². The second-order valence-electron chi connectivity index (χ2n) is 6.81. The number of furan rings is 1. The predicted octanol–water partition coefficient (Wildman–Crippen LogP) is 3.85. The second-order valence-corrected chi connectivity index (χ2v) is 6.81. The van der Waals surface area contributed by atoms with Gasteiger partial charge in [-0.25, -0.2) is 0 Å². The molecule has 30 heavy (non-hydrogen) atoms. The Morgan fingerprint density at radius 1 is 1.13 bits per heavy atom. The number of nitrogens with one attached hydrogen (secondary N) is 1. The number of hydrogen-bond acceptors (Lipinski definition) is 7. The maximum Gasteiger partial charge on any atom is 0.422 e. The van der Waals surface area contributed by atoms with Crippen molar-refractivity contribution in [2.45, 2.75) is 32.6 Å². The number of rotatable bonds is 7. The van der Waals surface area contributed by atoms with Crippen molar-refractivity contribution in [3.63, 3.8) is 0 Å². The molecule has 156 valence electrons. The molecule has 0 amide bonds. The van der Waals surface area contributed by atoms with Crippen molar-refractivity contribution in [3.05, 3.63) is 64.4 Å². The maximum atomic E-state index is 12.6. The molecule has 0 radical (unpaired) electrons. The lowest BCUT2D eigenvalue weighted by atomic mass is 10.0. The van der Waals surface area contributed by atoms with Gasteiger partial charge in [-0.2, -0.15) is 28.1 Å². The van der Waals surface area contributed by atoms with Crippen molar-refractivity contribution >= 4 is 12.2 Å². The summed E-state index contributed by atoms with van der Waals surface area (Å²) in [6.45, 7) is 1.21. The number of ether oxygens (including phenoxy) is 1. The summed E-state index contributed by atoms with van der Waals surface area (Å²) in [5.41, 5.74) is 3.06. The van der Waals surface area contributed by atoms with Crippen LogP contribution in [0.4, 0.5) is 19.1 Å². The summed E-state index contributed by atoms with van der Waals surface area (Å²) in [6.07, 6.45) is -2.37. The largest absolute Gasteiger partial charge is 0.465 e. The normalized spacial score (nSPS) is 12.8. The smallest absolute Gasteiger partial charge is 0.422 e. The van der Waals surface area contributed by atoms with E-state index in [2.05, 4.69) is 25.3 Å². The van der Waals surface area contributed by atoms with Crippen molar-refractivity contribution in [3.8, 4) is 6.01 Å². The Morgan fingerprint density at radius 2 is 2.00 bits per heavy atom. The number of aromatic nitrogens is 3. The Balaban J connectivity index is 1.54. The van der Waals surface area contributed by atoms with Crippen LogP contribution in [0.1, 0.15) is 34.0 Å². The van der Waals surface area contributed by atoms with Crippen LogP contribution in [0, 0.1) is 6.92 Å². The molecule has 4 rings (SSSR count). The van der Waals surface area contributed by atoms with Gasteiger partial charge in [0.15, 0.2) is 6.61 Å². The Bertz CT molecular complexity index is 1080. The molecule has 0 saturated heterocycles. The molecule has 1 aliphatic rings. The number of aliphatic imine (C=N–C) groups is 1. The maximum absolute atomic E-state index is 12.6. The summed E-state index contributed by atoms with van der Waals surface area (Å²) >= 11 is 0. The van der Waals surface area contributed by atoms with E-state index in [1.54, 1.807) is 6.07 Å². The van der Waals surface area contributed by atoms with E-state index in [1.807, 2.05) is 37.4 Å². The first-order valence-corrected chi connectivity index (χ1v) is 9.19. The Labute approximate surface area is 170 Å². The molecule has 1 N–H and O–H groups in total. The Hall–Kier alpha value is -3.43. The summed E-state index contributed by atoms with van der Waals surface area (Å²) in [6, 6.07) is 9.06. The van der Waals surface area contributed by atoms with Gasteiger partial charge in [0.1, 0.15) is 17.3 Å². The average molecular weight is 417 g/mol. The highest BCUT2D eigenvalue weighted by atomic mass is 19.4. The zero-order valence-corrected chi connectivity index (χ0v) is 16.0. The van der Waals surface area contributed by atoms with Gasteiger partial charge >= 0.3 is 12.2 Å². The zero-order valence-electron chi connectivity index (χ0n) is 16.0. The summed E-state index contributed by atoms with van der Waals surface area (Å²) in [5.74, 6) is 1.79. The fourth-order valence-electron chi connectivity index (χ4n) is 2.97. The molecule has 0 bridgehead atoms. The van der Waals surface area contributed by atoms with E-state index in [1.165, 1.54) is 0 Å². The third kappa shape index (κ3) is 5.13. The van der Waals surface area contributed by atoms with Crippen LogP contribution < -0.4 is 10.1 Å². The van der Waals surface area contributed by atoms with E-state index in [0.29, 0.717) is 24.6 Å². The lowest BCUT2D eigenvalue weighted by molar-refractivity contribution is -0.154. The Kier molecular flexibility index (Phi) is 5.39. The predicted molar refractivity (Wildman–Crippen MR) is 103 cm³/mol. The first-order chi connectivity index (χ1) is 14.3. The fourth-order valence-corrected chi connectivity index (χ4v) is 2.97. The van der Waals surface area contributed by atoms with Gasteiger partial charge in [-0.1, -0.05) is 18.2 Å². The molecule has 1 aliphatic heterocycles. The summed E-state index contributed by atoms with van der Waals surface area (Å²) in [4.78, 5) is 16.5. The van der Waals surface area contributed by atoms with Crippen LogP contribution in [-0.2, 0) is 19.5 Å². The van der Waals surface area contributed by atoms with Crippen molar-refractivity contribution in [1.29, 1.82) is 0 Å². The highest BCUT2D eigenvalue weighted by molar-refractivity contribution is 5.84. The number of alkyl halides is 3. The van der Waals surface area contributed by atoms with E-state index >= 15 is 0 Å². The van der Waals surface area contributed by atoms with E-state index in [9.17, 15) is 13.2 Å². The number of hydrogen-bond donors (Lipinski definition) is 1. The molecule has 3 aromatic rings. The van der Waals surface area contributed by atoms with Gasteiger partial charge in [-0.15, -0.1) is 0 Å². The molecule has 10 heteroatoms. The van der Waals surface area contributed by atoms with Crippen molar-refractivity contribution in [2.75, 3.05) is 11.9 Å².